The highest BCUT2D eigenvalue weighted by atomic mass is 32.2. The van der Waals surface area contributed by atoms with Gasteiger partial charge in [-0.2, -0.15) is 0 Å². The van der Waals surface area contributed by atoms with Crippen molar-refractivity contribution in [3.05, 3.63) is 59.3 Å². The number of hydrogen-bond donors (Lipinski definition) is 0. The Kier molecular flexibility index (Phi) is 3.76. The van der Waals surface area contributed by atoms with Crippen molar-refractivity contribution in [1.29, 1.82) is 0 Å². The van der Waals surface area contributed by atoms with Crippen LogP contribution in [-0.2, 0) is 25.1 Å². The maximum absolute atomic E-state index is 11.7. The SMILES string of the molecule is Cc1cc(C2(c3ccccc3)OCCO2)cnc1S(C)(=O)=O. The Morgan fingerprint density at radius 3 is 2.27 bits per heavy atom. The van der Waals surface area contributed by atoms with Gasteiger partial charge in [-0.05, 0) is 18.6 Å². The van der Waals surface area contributed by atoms with Gasteiger partial charge >= 0.3 is 0 Å². The zero-order chi connectivity index (χ0) is 15.8. The first-order chi connectivity index (χ1) is 10.4. The average Bonchev–Trinajstić information content (AvgIpc) is 2.97. The molecule has 5 nitrogen and oxygen atoms in total. The van der Waals surface area contributed by atoms with Crippen molar-refractivity contribution >= 4 is 9.84 Å². The van der Waals surface area contributed by atoms with E-state index in [1.807, 2.05) is 30.3 Å². The highest BCUT2D eigenvalue weighted by molar-refractivity contribution is 7.90. The molecule has 0 aliphatic carbocycles. The van der Waals surface area contributed by atoms with Gasteiger partial charge in [-0.1, -0.05) is 30.3 Å². The van der Waals surface area contributed by atoms with Crippen molar-refractivity contribution < 1.29 is 17.9 Å². The van der Waals surface area contributed by atoms with Gasteiger partial charge in [0.1, 0.15) is 0 Å². The van der Waals surface area contributed by atoms with Crippen molar-refractivity contribution in [3.63, 3.8) is 0 Å². The van der Waals surface area contributed by atoms with E-state index in [4.69, 9.17) is 9.47 Å². The molecule has 0 bridgehead atoms. The molecule has 0 spiro atoms. The smallest absolute Gasteiger partial charge is 0.224 e. The van der Waals surface area contributed by atoms with Crippen LogP contribution < -0.4 is 0 Å². The highest BCUT2D eigenvalue weighted by Crippen LogP contribution is 2.38. The molecular formula is C16H17NO4S. The van der Waals surface area contributed by atoms with Gasteiger partial charge in [0.2, 0.25) is 5.79 Å². The van der Waals surface area contributed by atoms with Crippen LogP contribution in [0.15, 0.2) is 47.6 Å². The summed E-state index contributed by atoms with van der Waals surface area (Å²) in [5.74, 6) is -1.02. The van der Waals surface area contributed by atoms with Gasteiger partial charge in [0.15, 0.2) is 14.9 Å². The third kappa shape index (κ3) is 2.54. The Morgan fingerprint density at radius 1 is 1.09 bits per heavy atom. The van der Waals surface area contributed by atoms with Gasteiger partial charge in [-0.25, -0.2) is 13.4 Å². The largest absolute Gasteiger partial charge is 0.340 e. The molecular weight excluding hydrogens is 302 g/mol. The van der Waals surface area contributed by atoms with Gasteiger partial charge in [0.05, 0.1) is 13.2 Å². The molecule has 1 saturated heterocycles. The molecule has 0 N–H and O–H groups in total. The third-order valence-corrected chi connectivity index (χ3v) is 4.74. The van der Waals surface area contributed by atoms with Crippen LogP contribution in [0.5, 0.6) is 0 Å². The molecule has 1 aliphatic heterocycles. The van der Waals surface area contributed by atoms with Crippen LogP contribution in [0, 0.1) is 6.92 Å². The van der Waals surface area contributed by atoms with Crippen LogP contribution in [0.1, 0.15) is 16.7 Å². The monoisotopic (exact) mass is 319 g/mol. The minimum atomic E-state index is -3.35. The van der Waals surface area contributed by atoms with Gasteiger partial charge in [0.25, 0.3) is 0 Å². The van der Waals surface area contributed by atoms with Gasteiger partial charge in [-0.3, -0.25) is 0 Å². The molecule has 0 saturated carbocycles. The van der Waals surface area contributed by atoms with E-state index in [1.165, 1.54) is 6.20 Å². The number of hydrogen-bond acceptors (Lipinski definition) is 5. The third-order valence-electron chi connectivity index (χ3n) is 3.61. The number of nitrogens with zero attached hydrogens (tertiary/aromatic N) is 1. The van der Waals surface area contributed by atoms with E-state index < -0.39 is 15.6 Å². The first kappa shape index (κ1) is 15.1. The maximum atomic E-state index is 11.7. The Balaban J connectivity index is 2.13. The summed E-state index contributed by atoms with van der Waals surface area (Å²) in [6.45, 7) is 2.67. The van der Waals surface area contributed by atoms with Gasteiger partial charge in [-0.15, -0.1) is 0 Å². The minimum absolute atomic E-state index is 0.0810. The zero-order valence-corrected chi connectivity index (χ0v) is 13.3. The van der Waals surface area contributed by atoms with Gasteiger partial charge in [0, 0.05) is 23.6 Å². The molecule has 2 aromatic rings. The number of aromatic nitrogens is 1. The summed E-state index contributed by atoms with van der Waals surface area (Å²) in [6.07, 6.45) is 2.67. The summed E-state index contributed by atoms with van der Waals surface area (Å²) in [4.78, 5) is 4.12. The quantitative estimate of drug-likeness (QED) is 0.866. The lowest BCUT2D eigenvalue weighted by Gasteiger charge is -2.28. The van der Waals surface area contributed by atoms with E-state index >= 15 is 0 Å². The molecule has 6 heteroatoms. The normalized spacial score (nSPS) is 17.5. The Morgan fingerprint density at radius 2 is 1.73 bits per heavy atom. The molecule has 0 radical (unpaired) electrons. The number of aryl methyl sites for hydroxylation is 1. The number of rotatable bonds is 3. The molecule has 0 amide bonds. The highest BCUT2D eigenvalue weighted by Gasteiger charge is 2.41. The minimum Gasteiger partial charge on any atom is -0.340 e. The number of pyridine rings is 1. The molecule has 0 atom stereocenters. The van der Waals surface area contributed by atoms with Crippen LogP contribution in [-0.4, -0.2) is 32.9 Å². The van der Waals surface area contributed by atoms with Crippen molar-refractivity contribution in [1.82, 2.24) is 4.98 Å². The van der Waals surface area contributed by atoms with Crippen LogP contribution in [0.3, 0.4) is 0 Å². The van der Waals surface area contributed by atoms with E-state index in [-0.39, 0.29) is 5.03 Å². The summed E-state index contributed by atoms with van der Waals surface area (Å²) in [5, 5.41) is 0.0810. The predicted octanol–water partition coefficient (Wildman–Crippen LogP) is 2.04. The van der Waals surface area contributed by atoms with Crippen LogP contribution >= 0.6 is 0 Å². The van der Waals surface area contributed by atoms with Crippen molar-refractivity contribution in [3.8, 4) is 0 Å². The lowest BCUT2D eigenvalue weighted by atomic mass is 9.98. The van der Waals surface area contributed by atoms with E-state index in [0.29, 0.717) is 24.3 Å². The molecule has 22 heavy (non-hydrogen) atoms. The Bertz CT molecular complexity index is 781. The average molecular weight is 319 g/mol. The molecule has 1 fully saturated rings. The lowest BCUT2D eigenvalue weighted by Crippen LogP contribution is -2.29. The zero-order valence-electron chi connectivity index (χ0n) is 12.4. The summed E-state index contributed by atoms with van der Waals surface area (Å²) < 4.78 is 35.2. The van der Waals surface area contributed by atoms with Crippen LogP contribution in [0.2, 0.25) is 0 Å². The number of sulfone groups is 1. The lowest BCUT2D eigenvalue weighted by molar-refractivity contribution is -0.130. The maximum Gasteiger partial charge on any atom is 0.224 e. The Hall–Kier alpha value is -1.76. The second-order valence-corrected chi connectivity index (χ2v) is 7.23. The van der Waals surface area contributed by atoms with Crippen molar-refractivity contribution in [2.24, 2.45) is 0 Å². The topological polar surface area (TPSA) is 65.5 Å². The predicted molar refractivity (Wildman–Crippen MR) is 81.2 cm³/mol. The second kappa shape index (κ2) is 5.46. The summed E-state index contributed by atoms with van der Waals surface area (Å²) in [7, 11) is -3.35. The molecule has 1 aliphatic rings. The standard InChI is InChI=1S/C16H17NO4S/c1-12-10-14(11-17-15(12)22(2,18)19)16(20-8-9-21-16)13-6-4-3-5-7-13/h3-7,10-11H,8-9H2,1-2H3. The molecule has 2 heterocycles. The van der Waals surface area contributed by atoms with E-state index in [0.717, 1.165) is 11.8 Å². The second-order valence-electron chi connectivity index (χ2n) is 5.30. The van der Waals surface area contributed by atoms with E-state index in [9.17, 15) is 8.42 Å². The van der Waals surface area contributed by atoms with E-state index in [2.05, 4.69) is 4.98 Å². The van der Waals surface area contributed by atoms with Crippen molar-refractivity contribution in [2.45, 2.75) is 17.7 Å². The summed E-state index contributed by atoms with van der Waals surface area (Å²) in [5.41, 5.74) is 2.14. The molecule has 116 valence electrons. The Labute approximate surface area is 129 Å². The molecule has 3 rings (SSSR count). The summed E-state index contributed by atoms with van der Waals surface area (Å²) >= 11 is 0. The molecule has 1 aromatic carbocycles. The fraction of sp³-hybridized carbons (Fsp3) is 0.312. The number of ether oxygens (including phenoxy) is 2. The summed E-state index contributed by atoms with van der Waals surface area (Å²) in [6, 6.07) is 11.3. The molecule has 1 aromatic heterocycles. The fourth-order valence-corrected chi connectivity index (χ4v) is 3.59. The molecule has 0 unspecified atom stereocenters. The first-order valence-corrected chi connectivity index (χ1v) is 8.83. The van der Waals surface area contributed by atoms with Gasteiger partial charge < -0.3 is 9.47 Å². The van der Waals surface area contributed by atoms with Crippen LogP contribution in [0.25, 0.3) is 0 Å². The van der Waals surface area contributed by atoms with E-state index in [1.54, 1.807) is 13.0 Å². The first-order valence-electron chi connectivity index (χ1n) is 6.94. The fourth-order valence-electron chi connectivity index (χ4n) is 2.70. The van der Waals surface area contributed by atoms with Crippen LogP contribution in [0.4, 0.5) is 0 Å². The van der Waals surface area contributed by atoms with Crippen molar-refractivity contribution in [2.75, 3.05) is 19.5 Å². The number of benzene rings is 1.